The third kappa shape index (κ3) is 1.06. The molecule has 1 aliphatic heterocycles. The van der Waals surface area contributed by atoms with Crippen molar-refractivity contribution in [1.82, 2.24) is 0 Å². The molecule has 0 saturated carbocycles. The molecule has 0 unspecified atom stereocenters. The number of rotatable bonds is 0. The second-order valence-electron chi connectivity index (χ2n) is 3.38. The summed E-state index contributed by atoms with van der Waals surface area (Å²) in [7, 11) is 0. The quantitative estimate of drug-likeness (QED) is 0.619. The summed E-state index contributed by atoms with van der Waals surface area (Å²) in [5, 5.41) is 2.60. The number of benzene rings is 2. The second-order valence-corrected chi connectivity index (χ2v) is 3.38. The number of halogens is 1. The minimum atomic E-state index is 0. The predicted octanol–water partition coefficient (Wildman–Crippen LogP) is 3.72. The number of nitrogens with zero attached hydrogens (tertiary/aromatic N) is 1. The maximum atomic E-state index is 4.51. The van der Waals surface area contributed by atoms with Crippen molar-refractivity contribution in [3.63, 3.8) is 0 Å². The van der Waals surface area contributed by atoms with Crippen LogP contribution >= 0.6 is 12.4 Å². The maximum Gasteiger partial charge on any atom is 0.0718 e. The smallest absolute Gasteiger partial charge is 0.0718 e. The SMILES string of the molecule is CC1=Nc2cccc3cccc1c23.Cl. The van der Waals surface area contributed by atoms with Crippen molar-refractivity contribution >= 4 is 34.6 Å². The summed E-state index contributed by atoms with van der Waals surface area (Å²) in [6, 6.07) is 12.6. The summed E-state index contributed by atoms with van der Waals surface area (Å²) in [4.78, 5) is 4.51. The van der Waals surface area contributed by atoms with Crippen molar-refractivity contribution in [2.45, 2.75) is 6.92 Å². The van der Waals surface area contributed by atoms with Crippen molar-refractivity contribution < 1.29 is 0 Å². The standard InChI is InChI=1S/C12H9N.ClH/c1-8-10-6-2-4-9-5-3-7-11(13-8)12(9)10;/h2-7H,1H3;1H. The van der Waals surface area contributed by atoms with Crippen molar-refractivity contribution in [3.8, 4) is 0 Å². The van der Waals surface area contributed by atoms with Crippen LogP contribution in [0, 0.1) is 0 Å². The van der Waals surface area contributed by atoms with E-state index in [1.807, 2.05) is 0 Å². The molecule has 0 N–H and O–H groups in total. The highest BCUT2D eigenvalue weighted by Crippen LogP contribution is 2.34. The first-order chi connectivity index (χ1) is 6.36. The highest BCUT2D eigenvalue weighted by Gasteiger charge is 2.13. The molecule has 1 heterocycles. The Hall–Kier alpha value is -1.34. The lowest BCUT2D eigenvalue weighted by Gasteiger charge is -1.99. The Morgan fingerprint density at radius 2 is 1.71 bits per heavy atom. The van der Waals surface area contributed by atoms with Crippen LogP contribution in [-0.2, 0) is 0 Å². The Kier molecular flexibility index (Phi) is 2.05. The first-order valence-electron chi connectivity index (χ1n) is 4.44. The zero-order chi connectivity index (χ0) is 8.84. The molecule has 1 aliphatic rings. The molecule has 1 nitrogen and oxygen atoms in total. The van der Waals surface area contributed by atoms with Gasteiger partial charge >= 0.3 is 0 Å². The molecule has 0 spiro atoms. The van der Waals surface area contributed by atoms with Gasteiger partial charge in [0, 0.05) is 16.7 Å². The van der Waals surface area contributed by atoms with E-state index >= 15 is 0 Å². The monoisotopic (exact) mass is 203 g/mol. The van der Waals surface area contributed by atoms with Gasteiger partial charge in [-0.2, -0.15) is 0 Å². The minimum Gasteiger partial charge on any atom is -0.252 e. The Morgan fingerprint density at radius 1 is 1.00 bits per heavy atom. The van der Waals surface area contributed by atoms with E-state index in [2.05, 4.69) is 48.3 Å². The van der Waals surface area contributed by atoms with Gasteiger partial charge in [-0.25, -0.2) is 0 Å². The van der Waals surface area contributed by atoms with Crippen LogP contribution in [0.5, 0.6) is 0 Å². The van der Waals surface area contributed by atoms with Gasteiger partial charge in [0.25, 0.3) is 0 Å². The summed E-state index contributed by atoms with van der Waals surface area (Å²) in [6.07, 6.45) is 0. The van der Waals surface area contributed by atoms with Gasteiger partial charge in [-0.3, -0.25) is 4.99 Å². The summed E-state index contributed by atoms with van der Waals surface area (Å²) in [6.45, 7) is 2.06. The third-order valence-corrected chi connectivity index (χ3v) is 2.56. The van der Waals surface area contributed by atoms with Gasteiger partial charge in [0.1, 0.15) is 0 Å². The minimum absolute atomic E-state index is 0. The number of aliphatic imine (C=N–C) groups is 1. The Balaban J connectivity index is 0.000000750. The summed E-state index contributed by atoms with van der Waals surface area (Å²) < 4.78 is 0. The summed E-state index contributed by atoms with van der Waals surface area (Å²) in [5.74, 6) is 0. The van der Waals surface area contributed by atoms with Crippen LogP contribution in [-0.4, -0.2) is 5.71 Å². The zero-order valence-electron chi connectivity index (χ0n) is 7.82. The first-order valence-corrected chi connectivity index (χ1v) is 4.44. The second kappa shape index (κ2) is 3.10. The molecule has 2 aromatic carbocycles. The fourth-order valence-corrected chi connectivity index (χ4v) is 1.96. The van der Waals surface area contributed by atoms with E-state index in [1.165, 1.54) is 16.3 Å². The molecule has 2 aromatic rings. The topological polar surface area (TPSA) is 12.4 Å². The van der Waals surface area contributed by atoms with Gasteiger partial charge in [-0.1, -0.05) is 30.3 Å². The summed E-state index contributed by atoms with van der Waals surface area (Å²) in [5.41, 5.74) is 3.53. The van der Waals surface area contributed by atoms with E-state index in [0.717, 1.165) is 11.4 Å². The molecule has 0 saturated heterocycles. The van der Waals surface area contributed by atoms with E-state index in [0.29, 0.717) is 0 Å². The molecule has 70 valence electrons. The van der Waals surface area contributed by atoms with Crippen molar-refractivity contribution in [1.29, 1.82) is 0 Å². The molecule has 14 heavy (non-hydrogen) atoms. The molecule has 3 rings (SSSR count). The van der Waals surface area contributed by atoms with E-state index in [9.17, 15) is 0 Å². The average molecular weight is 204 g/mol. The normalized spacial score (nSPS) is 12.5. The lowest BCUT2D eigenvalue weighted by molar-refractivity contribution is 1.58. The molecule has 0 atom stereocenters. The van der Waals surface area contributed by atoms with E-state index in [-0.39, 0.29) is 12.4 Å². The van der Waals surface area contributed by atoms with Crippen LogP contribution < -0.4 is 0 Å². The fourth-order valence-electron chi connectivity index (χ4n) is 1.96. The Bertz CT molecular complexity index is 524. The lowest BCUT2D eigenvalue weighted by atomic mass is 10.0. The van der Waals surface area contributed by atoms with E-state index in [1.54, 1.807) is 0 Å². The molecule has 0 fully saturated rings. The van der Waals surface area contributed by atoms with Crippen LogP contribution in [0.2, 0.25) is 0 Å². The lowest BCUT2D eigenvalue weighted by Crippen LogP contribution is -1.88. The van der Waals surface area contributed by atoms with Crippen LogP contribution in [0.1, 0.15) is 12.5 Å². The number of hydrogen-bond donors (Lipinski definition) is 0. The van der Waals surface area contributed by atoms with Crippen LogP contribution in [0.3, 0.4) is 0 Å². The Morgan fingerprint density at radius 3 is 2.50 bits per heavy atom. The van der Waals surface area contributed by atoms with Crippen LogP contribution in [0.25, 0.3) is 10.8 Å². The van der Waals surface area contributed by atoms with E-state index < -0.39 is 0 Å². The molecule has 0 bridgehead atoms. The van der Waals surface area contributed by atoms with Gasteiger partial charge in [0.15, 0.2) is 0 Å². The van der Waals surface area contributed by atoms with Crippen molar-refractivity contribution in [2.75, 3.05) is 0 Å². The van der Waals surface area contributed by atoms with Crippen molar-refractivity contribution in [3.05, 3.63) is 42.0 Å². The van der Waals surface area contributed by atoms with Gasteiger partial charge < -0.3 is 0 Å². The van der Waals surface area contributed by atoms with Gasteiger partial charge in [-0.15, -0.1) is 12.4 Å². The van der Waals surface area contributed by atoms with Crippen LogP contribution in [0.15, 0.2) is 41.4 Å². The summed E-state index contributed by atoms with van der Waals surface area (Å²) >= 11 is 0. The predicted molar refractivity (Wildman–Crippen MR) is 63.1 cm³/mol. The highest BCUT2D eigenvalue weighted by atomic mass is 35.5. The molecule has 0 radical (unpaired) electrons. The molecule has 2 heteroatoms. The average Bonchev–Trinajstić information content (AvgIpc) is 2.47. The zero-order valence-corrected chi connectivity index (χ0v) is 8.64. The molecular formula is C12H10ClN. The molecule has 0 aliphatic carbocycles. The van der Waals surface area contributed by atoms with E-state index in [4.69, 9.17) is 0 Å². The largest absolute Gasteiger partial charge is 0.252 e. The molecular weight excluding hydrogens is 194 g/mol. The fraction of sp³-hybridized carbons (Fsp3) is 0.0833. The third-order valence-electron chi connectivity index (χ3n) is 2.56. The Labute approximate surface area is 88.9 Å². The number of hydrogen-bond acceptors (Lipinski definition) is 1. The van der Waals surface area contributed by atoms with Gasteiger partial charge in [0.2, 0.25) is 0 Å². The highest BCUT2D eigenvalue weighted by molar-refractivity contribution is 6.18. The van der Waals surface area contributed by atoms with Crippen molar-refractivity contribution in [2.24, 2.45) is 4.99 Å². The first kappa shape index (κ1) is 9.22. The van der Waals surface area contributed by atoms with Gasteiger partial charge in [-0.05, 0) is 18.4 Å². The van der Waals surface area contributed by atoms with Gasteiger partial charge in [0.05, 0.1) is 5.69 Å². The molecule has 0 amide bonds. The molecule has 0 aromatic heterocycles. The van der Waals surface area contributed by atoms with Crippen LogP contribution in [0.4, 0.5) is 5.69 Å². The maximum absolute atomic E-state index is 4.51.